The Bertz CT molecular complexity index is 272. The van der Waals surface area contributed by atoms with Crippen molar-refractivity contribution in [3.8, 4) is 0 Å². The molecule has 14 heavy (non-hydrogen) atoms. The van der Waals surface area contributed by atoms with Gasteiger partial charge in [-0.05, 0) is 19.1 Å². The summed E-state index contributed by atoms with van der Waals surface area (Å²) in [5, 5.41) is 3.01. The summed E-state index contributed by atoms with van der Waals surface area (Å²) in [5.74, 6) is 1.81. The molecule has 3 nitrogen and oxygen atoms in total. The Kier molecular flexibility index (Phi) is 4.59. The van der Waals surface area contributed by atoms with Gasteiger partial charge in [-0.3, -0.25) is 4.79 Å². The highest BCUT2D eigenvalue weighted by molar-refractivity contribution is 7.99. The first-order valence-corrected chi connectivity index (χ1v) is 5.70. The van der Waals surface area contributed by atoms with Gasteiger partial charge in [-0.15, -0.1) is 11.8 Å². The second-order valence-corrected chi connectivity index (χ2v) is 4.28. The van der Waals surface area contributed by atoms with E-state index in [2.05, 4.69) is 5.32 Å². The minimum absolute atomic E-state index is 0.0874. The number of hydrogen-bond donors (Lipinski definition) is 1. The van der Waals surface area contributed by atoms with Gasteiger partial charge in [-0.1, -0.05) is 6.92 Å². The van der Waals surface area contributed by atoms with Gasteiger partial charge in [0.05, 0.1) is 17.4 Å². The van der Waals surface area contributed by atoms with Crippen molar-refractivity contribution < 1.29 is 9.21 Å². The van der Waals surface area contributed by atoms with E-state index < -0.39 is 0 Å². The third kappa shape index (κ3) is 3.87. The molecule has 0 spiro atoms. The van der Waals surface area contributed by atoms with Crippen molar-refractivity contribution in [2.24, 2.45) is 0 Å². The van der Waals surface area contributed by atoms with Gasteiger partial charge in [0.15, 0.2) is 0 Å². The second-order valence-electron chi connectivity index (χ2n) is 2.95. The fraction of sp³-hybridized carbons (Fsp3) is 0.500. The third-order valence-electron chi connectivity index (χ3n) is 1.74. The molecule has 1 amide bonds. The van der Waals surface area contributed by atoms with Crippen LogP contribution in [0.5, 0.6) is 0 Å². The van der Waals surface area contributed by atoms with Crippen LogP contribution in [-0.2, 0) is 10.5 Å². The predicted molar refractivity (Wildman–Crippen MR) is 57.9 cm³/mol. The molecule has 0 fully saturated rings. The van der Waals surface area contributed by atoms with Crippen molar-refractivity contribution in [3.05, 3.63) is 24.2 Å². The lowest BCUT2D eigenvalue weighted by Crippen LogP contribution is -2.29. The average molecular weight is 213 g/mol. The molecular weight excluding hydrogens is 198 g/mol. The zero-order valence-corrected chi connectivity index (χ0v) is 9.26. The van der Waals surface area contributed by atoms with Crippen molar-refractivity contribution in [3.63, 3.8) is 0 Å². The molecule has 1 heterocycles. The van der Waals surface area contributed by atoms with Crippen LogP contribution in [0.25, 0.3) is 0 Å². The Balaban J connectivity index is 2.21. The van der Waals surface area contributed by atoms with Crippen LogP contribution < -0.4 is 5.32 Å². The largest absolute Gasteiger partial charge is 0.468 e. The zero-order chi connectivity index (χ0) is 10.4. The summed E-state index contributed by atoms with van der Waals surface area (Å²) in [6.07, 6.45) is 2.19. The standard InChI is InChI=1S/C10H15NO2S/c1-3-10(12)11-8(2)14-7-9-5-4-6-13-9/h4-6,8H,3,7H2,1-2H3,(H,11,12). The average Bonchev–Trinajstić information content (AvgIpc) is 2.67. The molecule has 1 aromatic rings. The molecule has 1 aromatic heterocycles. The Hall–Kier alpha value is -0.900. The smallest absolute Gasteiger partial charge is 0.220 e. The molecule has 78 valence electrons. The molecule has 1 atom stereocenters. The number of carbonyl (C=O) groups excluding carboxylic acids is 1. The third-order valence-corrected chi connectivity index (χ3v) is 2.81. The number of rotatable bonds is 5. The minimum atomic E-state index is 0.0874. The maximum atomic E-state index is 11.0. The number of furan rings is 1. The summed E-state index contributed by atoms with van der Waals surface area (Å²) in [6.45, 7) is 3.82. The molecule has 4 heteroatoms. The van der Waals surface area contributed by atoms with E-state index in [1.54, 1.807) is 18.0 Å². The summed E-state index contributed by atoms with van der Waals surface area (Å²) in [6, 6.07) is 3.80. The molecule has 0 aliphatic carbocycles. The Morgan fingerprint density at radius 1 is 1.71 bits per heavy atom. The van der Waals surface area contributed by atoms with Crippen molar-refractivity contribution in [2.45, 2.75) is 31.4 Å². The number of thioether (sulfide) groups is 1. The summed E-state index contributed by atoms with van der Waals surface area (Å²) < 4.78 is 5.18. The van der Waals surface area contributed by atoms with Gasteiger partial charge in [0.1, 0.15) is 5.76 Å². The molecule has 0 saturated heterocycles. The molecule has 1 unspecified atom stereocenters. The quantitative estimate of drug-likeness (QED) is 0.764. The number of hydrogen-bond acceptors (Lipinski definition) is 3. The molecule has 0 aliphatic heterocycles. The molecule has 1 N–H and O–H groups in total. The van der Waals surface area contributed by atoms with Crippen LogP contribution in [-0.4, -0.2) is 11.3 Å². The van der Waals surface area contributed by atoms with Crippen molar-refractivity contribution >= 4 is 17.7 Å². The fourth-order valence-electron chi connectivity index (χ4n) is 0.972. The highest BCUT2D eigenvalue weighted by Crippen LogP contribution is 2.16. The van der Waals surface area contributed by atoms with Crippen molar-refractivity contribution in [2.75, 3.05) is 0 Å². The first kappa shape index (κ1) is 11.2. The van der Waals surface area contributed by atoms with Gasteiger partial charge in [0, 0.05) is 6.42 Å². The topological polar surface area (TPSA) is 42.2 Å². The van der Waals surface area contributed by atoms with Crippen molar-refractivity contribution in [1.82, 2.24) is 5.32 Å². The molecule has 0 aromatic carbocycles. The van der Waals surface area contributed by atoms with Crippen LogP contribution in [0.15, 0.2) is 22.8 Å². The van der Waals surface area contributed by atoms with Crippen LogP contribution in [0.4, 0.5) is 0 Å². The monoisotopic (exact) mass is 213 g/mol. The number of amides is 1. The molecular formula is C10H15NO2S. The van der Waals surface area contributed by atoms with Gasteiger partial charge in [0.2, 0.25) is 5.91 Å². The lowest BCUT2D eigenvalue weighted by molar-refractivity contribution is -0.120. The van der Waals surface area contributed by atoms with E-state index in [4.69, 9.17) is 4.42 Å². The van der Waals surface area contributed by atoms with Gasteiger partial charge in [0.25, 0.3) is 0 Å². The van der Waals surface area contributed by atoms with Gasteiger partial charge >= 0.3 is 0 Å². The summed E-state index contributed by atoms with van der Waals surface area (Å²) in [7, 11) is 0. The van der Waals surface area contributed by atoms with E-state index in [1.165, 1.54) is 0 Å². The van der Waals surface area contributed by atoms with Crippen LogP contribution in [0.1, 0.15) is 26.0 Å². The van der Waals surface area contributed by atoms with Gasteiger partial charge in [-0.25, -0.2) is 0 Å². The normalized spacial score (nSPS) is 12.4. The minimum Gasteiger partial charge on any atom is -0.468 e. The Morgan fingerprint density at radius 3 is 3.07 bits per heavy atom. The van der Waals surface area contributed by atoms with Crippen LogP contribution >= 0.6 is 11.8 Å². The highest BCUT2D eigenvalue weighted by atomic mass is 32.2. The lowest BCUT2D eigenvalue weighted by Gasteiger charge is -2.11. The molecule has 0 aliphatic rings. The lowest BCUT2D eigenvalue weighted by atomic mass is 10.4. The van der Waals surface area contributed by atoms with E-state index in [0.717, 1.165) is 11.5 Å². The van der Waals surface area contributed by atoms with Crippen LogP contribution in [0, 0.1) is 0 Å². The van der Waals surface area contributed by atoms with E-state index >= 15 is 0 Å². The maximum Gasteiger partial charge on any atom is 0.220 e. The Labute approximate surface area is 88.2 Å². The number of nitrogens with one attached hydrogen (secondary N) is 1. The fourth-order valence-corrected chi connectivity index (χ4v) is 1.77. The van der Waals surface area contributed by atoms with Crippen molar-refractivity contribution in [1.29, 1.82) is 0 Å². The molecule has 0 radical (unpaired) electrons. The zero-order valence-electron chi connectivity index (χ0n) is 8.45. The summed E-state index contributed by atoms with van der Waals surface area (Å²) in [4.78, 5) is 11.0. The predicted octanol–water partition coefficient (Wildman–Crippen LogP) is 2.39. The first-order chi connectivity index (χ1) is 6.72. The van der Waals surface area contributed by atoms with E-state index in [1.807, 2.05) is 26.0 Å². The number of carbonyl (C=O) groups is 1. The molecule has 0 bridgehead atoms. The summed E-state index contributed by atoms with van der Waals surface area (Å²) in [5.41, 5.74) is 0. The van der Waals surface area contributed by atoms with E-state index in [9.17, 15) is 4.79 Å². The van der Waals surface area contributed by atoms with Gasteiger partial charge < -0.3 is 9.73 Å². The molecule has 1 rings (SSSR count). The molecule has 0 saturated carbocycles. The highest BCUT2D eigenvalue weighted by Gasteiger charge is 2.06. The van der Waals surface area contributed by atoms with Crippen LogP contribution in [0.2, 0.25) is 0 Å². The maximum absolute atomic E-state index is 11.0. The SMILES string of the molecule is CCC(=O)NC(C)SCc1ccco1. The Morgan fingerprint density at radius 2 is 2.50 bits per heavy atom. The summed E-state index contributed by atoms with van der Waals surface area (Å²) >= 11 is 1.65. The first-order valence-electron chi connectivity index (χ1n) is 4.65. The van der Waals surface area contributed by atoms with Gasteiger partial charge in [-0.2, -0.15) is 0 Å². The van der Waals surface area contributed by atoms with E-state index in [0.29, 0.717) is 6.42 Å². The van der Waals surface area contributed by atoms with Crippen LogP contribution in [0.3, 0.4) is 0 Å². The van der Waals surface area contributed by atoms with E-state index in [-0.39, 0.29) is 11.3 Å². The second kappa shape index (κ2) is 5.75.